The number of imidazole rings is 1. The van der Waals surface area contributed by atoms with Crippen molar-refractivity contribution in [2.24, 2.45) is 0 Å². The summed E-state index contributed by atoms with van der Waals surface area (Å²) >= 11 is 0. The molecular weight excluding hydrogens is 182 g/mol. The second kappa shape index (κ2) is 3.79. The van der Waals surface area contributed by atoms with Crippen LogP contribution in [0, 0.1) is 0 Å². The van der Waals surface area contributed by atoms with Gasteiger partial charge in [-0.25, -0.2) is 4.98 Å². The standard InChI is InChI=1S/C9H13N3O2/c13-8-5-9(14)12(6-8)4-3-11-2-1-10-7-11/h1-2,7-8,13H,3-6H2. The van der Waals surface area contributed by atoms with E-state index in [0.717, 1.165) is 6.54 Å². The SMILES string of the molecule is O=C1CC(O)CN1CCn1ccnc1. The van der Waals surface area contributed by atoms with Crippen molar-refractivity contribution in [3.05, 3.63) is 18.7 Å². The van der Waals surface area contributed by atoms with Gasteiger partial charge in [0.2, 0.25) is 5.91 Å². The molecule has 0 aliphatic carbocycles. The highest BCUT2D eigenvalue weighted by atomic mass is 16.3. The van der Waals surface area contributed by atoms with Gasteiger partial charge in [-0.3, -0.25) is 4.79 Å². The maximum Gasteiger partial charge on any atom is 0.225 e. The van der Waals surface area contributed by atoms with Crippen molar-refractivity contribution in [1.29, 1.82) is 0 Å². The Balaban J connectivity index is 1.84. The van der Waals surface area contributed by atoms with Crippen LogP contribution in [-0.4, -0.2) is 44.7 Å². The number of rotatable bonds is 3. The summed E-state index contributed by atoms with van der Waals surface area (Å²) in [5.74, 6) is 0.0395. The first-order chi connectivity index (χ1) is 6.75. The number of hydrogen-bond acceptors (Lipinski definition) is 3. The number of β-amino-alcohol motifs (C(OH)–C–C–N with tert-alkyl or cyclic N) is 1. The Morgan fingerprint density at radius 3 is 3.00 bits per heavy atom. The number of carbonyl (C=O) groups excluding carboxylic acids is 1. The van der Waals surface area contributed by atoms with E-state index in [2.05, 4.69) is 4.98 Å². The molecule has 0 saturated carbocycles. The Morgan fingerprint density at radius 1 is 1.57 bits per heavy atom. The predicted molar refractivity (Wildman–Crippen MR) is 49.4 cm³/mol. The number of carbonyl (C=O) groups is 1. The largest absolute Gasteiger partial charge is 0.391 e. The van der Waals surface area contributed by atoms with Gasteiger partial charge in [-0.2, -0.15) is 0 Å². The van der Waals surface area contributed by atoms with Crippen LogP contribution in [0.2, 0.25) is 0 Å². The van der Waals surface area contributed by atoms with Gasteiger partial charge in [-0.1, -0.05) is 0 Å². The molecule has 1 aliphatic heterocycles. The minimum absolute atomic E-state index is 0.0395. The third kappa shape index (κ3) is 1.93. The molecule has 0 aromatic carbocycles. The molecule has 1 amide bonds. The van der Waals surface area contributed by atoms with E-state index in [4.69, 9.17) is 0 Å². The zero-order valence-corrected chi connectivity index (χ0v) is 7.83. The first-order valence-corrected chi connectivity index (χ1v) is 4.67. The average Bonchev–Trinajstić information content (AvgIpc) is 2.72. The fourth-order valence-electron chi connectivity index (χ4n) is 1.62. The van der Waals surface area contributed by atoms with Crippen molar-refractivity contribution in [3.8, 4) is 0 Å². The monoisotopic (exact) mass is 195 g/mol. The Kier molecular flexibility index (Phi) is 2.49. The minimum Gasteiger partial charge on any atom is -0.391 e. The van der Waals surface area contributed by atoms with Crippen molar-refractivity contribution in [2.45, 2.75) is 19.1 Å². The first-order valence-electron chi connectivity index (χ1n) is 4.67. The van der Waals surface area contributed by atoms with Gasteiger partial charge in [-0.15, -0.1) is 0 Å². The van der Waals surface area contributed by atoms with Gasteiger partial charge >= 0.3 is 0 Å². The number of amides is 1. The van der Waals surface area contributed by atoms with Crippen LogP contribution in [0.4, 0.5) is 0 Å². The smallest absolute Gasteiger partial charge is 0.225 e. The molecular formula is C9H13N3O2. The lowest BCUT2D eigenvalue weighted by atomic mass is 10.3. The van der Waals surface area contributed by atoms with Crippen LogP contribution in [0.5, 0.6) is 0 Å². The molecule has 2 heterocycles. The number of aliphatic hydroxyl groups is 1. The van der Waals surface area contributed by atoms with E-state index in [0.29, 0.717) is 13.1 Å². The molecule has 1 atom stereocenters. The average molecular weight is 195 g/mol. The Morgan fingerprint density at radius 2 is 2.43 bits per heavy atom. The summed E-state index contributed by atoms with van der Waals surface area (Å²) in [6.07, 6.45) is 5.07. The van der Waals surface area contributed by atoms with Gasteiger partial charge in [-0.05, 0) is 0 Å². The van der Waals surface area contributed by atoms with Crippen LogP contribution in [0.1, 0.15) is 6.42 Å². The lowest BCUT2D eigenvalue weighted by Crippen LogP contribution is -2.29. The Labute approximate surface area is 82.0 Å². The summed E-state index contributed by atoms with van der Waals surface area (Å²) in [5, 5.41) is 9.25. The molecule has 1 aliphatic rings. The zero-order valence-electron chi connectivity index (χ0n) is 7.83. The predicted octanol–water partition coefficient (Wildman–Crippen LogP) is -0.524. The summed E-state index contributed by atoms with van der Waals surface area (Å²) in [6.45, 7) is 1.85. The summed E-state index contributed by atoms with van der Waals surface area (Å²) in [4.78, 5) is 16.9. The van der Waals surface area contributed by atoms with E-state index in [-0.39, 0.29) is 12.3 Å². The lowest BCUT2D eigenvalue weighted by Gasteiger charge is -2.15. The Hall–Kier alpha value is -1.36. The molecule has 5 heteroatoms. The normalized spacial score (nSPS) is 21.9. The van der Waals surface area contributed by atoms with Gasteiger partial charge < -0.3 is 14.6 Å². The molecule has 2 rings (SSSR count). The summed E-state index contributed by atoms with van der Waals surface area (Å²) in [6, 6.07) is 0. The van der Waals surface area contributed by atoms with E-state index >= 15 is 0 Å². The van der Waals surface area contributed by atoms with Crippen LogP contribution in [-0.2, 0) is 11.3 Å². The molecule has 0 radical (unpaired) electrons. The van der Waals surface area contributed by atoms with Gasteiger partial charge in [0.25, 0.3) is 0 Å². The second-order valence-electron chi connectivity index (χ2n) is 3.50. The third-order valence-corrected chi connectivity index (χ3v) is 2.38. The molecule has 0 bridgehead atoms. The van der Waals surface area contributed by atoms with Gasteiger partial charge in [0.1, 0.15) is 0 Å². The molecule has 76 valence electrons. The van der Waals surface area contributed by atoms with Crippen LogP contribution in [0.25, 0.3) is 0 Å². The molecule has 14 heavy (non-hydrogen) atoms. The highest BCUT2D eigenvalue weighted by Gasteiger charge is 2.27. The van der Waals surface area contributed by atoms with Crippen LogP contribution < -0.4 is 0 Å². The van der Waals surface area contributed by atoms with Crippen LogP contribution >= 0.6 is 0 Å². The summed E-state index contributed by atoms with van der Waals surface area (Å²) < 4.78 is 1.91. The van der Waals surface area contributed by atoms with Crippen molar-refractivity contribution < 1.29 is 9.90 Å². The molecule has 1 saturated heterocycles. The number of nitrogens with zero attached hydrogens (tertiary/aromatic N) is 3. The van der Waals surface area contributed by atoms with Crippen molar-refractivity contribution in [1.82, 2.24) is 14.5 Å². The molecule has 1 fully saturated rings. The topological polar surface area (TPSA) is 58.4 Å². The van der Waals surface area contributed by atoms with E-state index in [1.54, 1.807) is 17.4 Å². The van der Waals surface area contributed by atoms with E-state index in [9.17, 15) is 9.90 Å². The maximum atomic E-state index is 11.3. The quantitative estimate of drug-likeness (QED) is 0.705. The number of aromatic nitrogens is 2. The molecule has 1 unspecified atom stereocenters. The molecule has 5 nitrogen and oxygen atoms in total. The van der Waals surface area contributed by atoms with Gasteiger partial charge in [0.05, 0.1) is 18.9 Å². The highest BCUT2D eigenvalue weighted by molar-refractivity contribution is 5.78. The first kappa shape index (κ1) is 9.21. The van der Waals surface area contributed by atoms with Crippen LogP contribution in [0.15, 0.2) is 18.7 Å². The third-order valence-electron chi connectivity index (χ3n) is 2.38. The van der Waals surface area contributed by atoms with E-state index < -0.39 is 6.10 Å². The maximum absolute atomic E-state index is 11.3. The summed E-state index contributed by atoms with van der Waals surface area (Å²) in [5.41, 5.74) is 0. The van der Waals surface area contributed by atoms with Crippen molar-refractivity contribution in [3.63, 3.8) is 0 Å². The molecule has 1 aromatic heterocycles. The molecule has 1 aromatic rings. The number of aliphatic hydroxyl groups excluding tert-OH is 1. The molecule has 0 spiro atoms. The highest BCUT2D eigenvalue weighted by Crippen LogP contribution is 2.10. The fourth-order valence-corrected chi connectivity index (χ4v) is 1.62. The van der Waals surface area contributed by atoms with Gasteiger partial charge in [0, 0.05) is 32.0 Å². The van der Waals surface area contributed by atoms with E-state index in [1.807, 2.05) is 10.8 Å². The van der Waals surface area contributed by atoms with E-state index in [1.165, 1.54) is 0 Å². The van der Waals surface area contributed by atoms with Crippen molar-refractivity contribution in [2.75, 3.05) is 13.1 Å². The van der Waals surface area contributed by atoms with Crippen molar-refractivity contribution >= 4 is 5.91 Å². The van der Waals surface area contributed by atoms with Gasteiger partial charge in [0.15, 0.2) is 0 Å². The summed E-state index contributed by atoms with van der Waals surface area (Å²) in [7, 11) is 0. The molecule has 1 N–H and O–H groups in total. The Bertz CT molecular complexity index is 310. The number of likely N-dealkylation sites (tertiary alicyclic amines) is 1. The second-order valence-corrected chi connectivity index (χ2v) is 3.50. The fraction of sp³-hybridized carbons (Fsp3) is 0.556. The minimum atomic E-state index is -0.481. The number of hydrogen-bond donors (Lipinski definition) is 1. The zero-order chi connectivity index (χ0) is 9.97. The van der Waals surface area contributed by atoms with Crippen LogP contribution in [0.3, 0.4) is 0 Å². The lowest BCUT2D eigenvalue weighted by molar-refractivity contribution is -0.127.